The molecule has 0 saturated heterocycles. The number of carbonyl (C=O) groups excluding carboxylic acids is 2. The Bertz CT molecular complexity index is 725. The van der Waals surface area contributed by atoms with E-state index in [4.69, 9.17) is 9.47 Å². The summed E-state index contributed by atoms with van der Waals surface area (Å²) in [6.07, 6.45) is 3.13. The fourth-order valence-electron chi connectivity index (χ4n) is 3.20. The summed E-state index contributed by atoms with van der Waals surface area (Å²) < 4.78 is 9.76. The highest BCUT2D eigenvalue weighted by Gasteiger charge is 2.17. The van der Waals surface area contributed by atoms with Gasteiger partial charge in [-0.3, -0.25) is 0 Å². The van der Waals surface area contributed by atoms with E-state index in [-0.39, 0.29) is 11.9 Å². The first-order chi connectivity index (χ1) is 11.6. The molecule has 24 heavy (non-hydrogen) atoms. The highest BCUT2D eigenvalue weighted by molar-refractivity contribution is 5.92. The van der Waals surface area contributed by atoms with Crippen molar-refractivity contribution in [1.82, 2.24) is 0 Å². The Balaban J connectivity index is 2.01. The highest BCUT2D eigenvalue weighted by Crippen LogP contribution is 2.23. The Labute approximate surface area is 141 Å². The first kappa shape index (κ1) is 16.2. The molecule has 0 spiro atoms. The van der Waals surface area contributed by atoms with E-state index < -0.39 is 0 Å². The number of hydrogen-bond donors (Lipinski definition) is 0. The molecule has 3 rings (SSSR count). The quantitative estimate of drug-likeness (QED) is 0.796. The maximum absolute atomic E-state index is 12.0. The van der Waals surface area contributed by atoms with Gasteiger partial charge in [0.15, 0.2) is 0 Å². The van der Waals surface area contributed by atoms with E-state index in [1.54, 1.807) is 0 Å². The van der Waals surface area contributed by atoms with Crippen molar-refractivity contribution >= 4 is 11.9 Å². The molecule has 2 aromatic rings. The van der Waals surface area contributed by atoms with Crippen LogP contribution in [0, 0.1) is 0 Å². The standard InChI is InChI=1S/C20H20O4/c1-23-19(21)17-9-5-13-3-4-14-6-10-18(20(22)24-2)16(12-14)8-7-15(17)11-13/h5-6,9-12H,3-4,7-8H2,1-2H3. The van der Waals surface area contributed by atoms with Gasteiger partial charge in [-0.2, -0.15) is 0 Å². The Morgan fingerprint density at radius 2 is 1.12 bits per heavy atom. The Hall–Kier alpha value is -2.62. The second-order valence-electron chi connectivity index (χ2n) is 5.97. The van der Waals surface area contributed by atoms with Gasteiger partial charge in [-0.05, 0) is 60.1 Å². The van der Waals surface area contributed by atoms with E-state index in [1.807, 2.05) is 24.3 Å². The van der Waals surface area contributed by atoms with Crippen LogP contribution in [0.3, 0.4) is 0 Å². The molecule has 0 aromatic heterocycles. The van der Waals surface area contributed by atoms with Crippen molar-refractivity contribution in [3.8, 4) is 0 Å². The minimum absolute atomic E-state index is 0.324. The summed E-state index contributed by atoms with van der Waals surface area (Å²) in [5.74, 6) is -0.647. The maximum Gasteiger partial charge on any atom is 0.338 e. The number of aryl methyl sites for hydroxylation is 4. The normalized spacial score (nSPS) is 13.1. The number of methoxy groups -OCH3 is 2. The Morgan fingerprint density at radius 1 is 0.708 bits per heavy atom. The SMILES string of the molecule is COC(=O)c1ccc2cc1CCc1cc(ccc1C(=O)OC)CC2. The topological polar surface area (TPSA) is 52.6 Å². The van der Waals surface area contributed by atoms with Crippen LogP contribution in [0.4, 0.5) is 0 Å². The summed E-state index contributed by atoms with van der Waals surface area (Å²) in [7, 11) is 2.78. The number of ether oxygens (including phenoxy) is 2. The second kappa shape index (κ2) is 6.87. The van der Waals surface area contributed by atoms with Gasteiger partial charge in [0.2, 0.25) is 0 Å². The summed E-state index contributed by atoms with van der Waals surface area (Å²) >= 11 is 0. The molecule has 0 unspecified atom stereocenters. The number of fused-ring (bicyclic) bond motifs is 4. The van der Waals surface area contributed by atoms with Crippen LogP contribution >= 0.6 is 0 Å². The van der Waals surface area contributed by atoms with Crippen LogP contribution < -0.4 is 0 Å². The van der Waals surface area contributed by atoms with Crippen molar-refractivity contribution in [2.24, 2.45) is 0 Å². The van der Waals surface area contributed by atoms with Crippen LogP contribution in [-0.4, -0.2) is 26.2 Å². The minimum Gasteiger partial charge on any atom is -0.465 e. The zero-order chi connectivity index (χ0) is 17.1. The fraction of sp³-hybridized carbons (Fsp3) is 0.300. The molecule has 4 heteroatoms. The summed E-state index contributed by atoms with van der Waals surface area (Å²) in [6, 6.07) is 11.8. The van der Waals surface area contributed by atoms with Crippen molar-refractivity contribution in [2.75, 3.05) is 14.2 Å². The van der Waals surface area contributed by atoms with E-state index in [1.165, 1.54) is 25.3 Å². The molecule has 1 aliphatic carbocycles. The van der Waals surface area contributed by atoms with Gasteiger partial charge in [0.25, 0.3) is 0 Å². The third-order valence-electron chi connectivity index (χ3n) is 4.52. The van der Waals surface area contributed by atoms with E-state index in [9.17, 15) is 9.59 Å². The van der Waals surface area contributed by atoms with Crippen molar-refractivity contribution in [3.63, 3.8) is 0 Å². The number of hydrogen-bond acceptors (Lipinski definition) is 4. The van der Waals surface area contributed by atoms with Crippen molar-refractivity contribution in [3.05, 3.63) is 69.8 Å². The molecule has 0 radical (unpaired) electrons. The van der Waals surface area contributed by atoms with Gasteiger partial charge in [-0.15, -0.1) is 0 Å². The molecule has 4 nitrogen and oxygen atoms in total. The number of carbonyl (C=O) groups is 2. The molecular formula is C20H20O4. The second-order valence-corrected chi connectivity index (χ2v) is 5.97. The molecule has 0 amide bonds. The van der Waals surface area contributed by atoms with Crippen LogP contribution in [0.1, 0.15) is 43.0 Å². The molecule has 0 heterocycles. The van der Waals surface area contributed by atoms with Gasteiger partial charge < -0.3 is 9.47 Å². The molecule has 0 saturated carbocycles. The maximum atomic E-state index is 12.0. The third-order valence-corrected chi connectivity index (χ3v) is 4.52. The van der Waals surface area contributed by atoms with Crippen molar-refractivity contribution < 1.29 is 19.1 Å². The predicted octanol–water partition coefficient (Wildman–Crippen LogP) is 3.14. The van der Waals surface area contributed by atoms with Crippen LogP contribution in [0.15, 0.2) is 36.4 Å². The molecule has 4 bridgehead atoms. The lowest BCUT2D eigenvalue weighted by Gasteiger charge is -2.15. The van der Waals surface area contributed by atoms with E-state index in [0.717, 1.165) is 24.0 Å². The van der Waals surface area contributed by atoms with Gasteiger partial charge in [-0.1, -0.05) is 24.3 Å². The zero-order valence-corrected chi connectivity index (χ0v) is 13.9. The van der Waals surface area contributed by atoms with Gasteiger partial charge in [0, 0.05) is 0 Å². The number of esters is 2. The fourth-order valence-corrected chi connectivity index (χ4v) is 3.20. The molecule has 1 aliphatic rings. The first-order valence-electron chi connectivity index (χ1n) is 8.02. The van der Waals surface area contributed by atoms with E-state index >= 15 is 0 Å². The average molecular weight is 324 g/mol. The monoisotopic (exact) mass is 324 g/mol. The summed E-state index contributed by atoms with van der Waals surface area (Å²) in [6.45, 7) is 0. The van der Waals surface area contributed by atoms with Crippen molar-refractivity contribution in [1.29, 1.82) is 0 Å². The summed E-state index contributed by atoms with van der Waals surface area (Å²) in [4.78, 5) is 24.0. The molecule has 0 N–H and O–H groups in total. The first-order valence-corrected chi connectivity index (χ1v) is 8.02. The largest absolute Gasteiger partial charge is 0.465 e. The minimum atomic E-state index is -0.324. The third kappa shape index (κ3) is 3.18. The number of rotatable bonds is 2. The lowest BCUT2D eigenvalue weighted by Crippen LogP contribution is -2.11. The van der Waals surface area contributed by atoms with Crippen molar-refractivity contribution in [2.45, 2.75) is 25.7 Å². The van der Waals surface area contributed by atoms with Gasteiger partial charge in [-0.25, -0.2) is 9.59 Å². The van der Waals surface area contributed by atoms with Gasteiger partial charge >= 0.3 is 11.9 Å². The Morgan fingerprint density at radius 3 is 1.50 bits per heavy atom. The lowest BCUT2D eigenvalue weighted by atomic mass is 9.90. The molecular weight excluding hydrogens is 304 g/mol. The molecule has 2 aromatic carbocycles. The van der Waals surface area contributed by atoms with Crippen LogP contribution in [0.2, 0.25) is 0 Å². The van der Waals surface area contributed by atoms with E-state index in [2.05, 4.69) is 12.1 Å². The molecule has 0 aliphatic heterocycles. The van der Waals surface area contributed by atoms with Gasteiger partial charge in [0.05, 0.1) is 25.3 Å². The van der Waals surface area contributed by atoms with Gasteiger partial charge in [0.1, 0.15) is 0 Å². The predicted molar refractivity (Wildman–Crippen MR) is 90.4 cm³/mol. The molecule has 124 valence electrons. The zero-order valence-electron chi connectivity index (χ0n) is 13.9. The Kier molecular flexibility index (Phi) is 4.65. The highest BCUT2D eigenvalue weighted by atomic mass is 16.5. The smallest absolute Gasteiger partial charge is 0.338 e. The molecule has 0 fully saturated rings. The van der Waals surface area contributed by atoms with E-state index in [0.29, 0.717) is 24.0 Å². The number of benzene rings is 2. The molecule has 0 atom stereocenters. The van der Waals surface area contributed by atoms with Crippen LogP contribution in [0.5, 0.6) is 0 Å². The van der Waals surface area contributed by atoms with Crippen LogP contribution in [0.25, 0.3) is 0 Å². The lowest BCUT2D eigenvalue weighted by molar-refractivity contribution is 0.0589. The summed E-state index contributed by atoms with van der Waals surface area (Å²) in [5.41, 5.74) is 5.52. The average Bonchev–Trinajstić information content (AvgIpc) is 2.63. The summed E-state index contributed by atoms with van der Waals surface area (Å²) in [5, 5.41) is 0. The van der Waals surface area contributed by atoms with Crippen LogP contribution in [-0.2, 0) is 35.2 Å².